The molecule has 0 atom stereocenters. The maximum absolute atomic E-state index is 5.69. The van der Waals surface area contributed by atoms with Gasteiger partial charge in [-0.2, -0.15) is 5.10 Å². The van der Waals surface area contributed by atoms with Crippen LogP contribution in [0.15, 0.2) is 23.3 Å². The fourth-order valence-corrected chi connectivity index (χ4v) is 2.15. The van der Waals surface area contributed by atoms with Crippen molar-refractivity contribution in [2.75, 3.05) is 19.8 Å². The zero-order valence-corrected chi connectivity index (χ0v) is 14.0. The van der Waals surface area contributed by atoms with Gasteiger partial charge in [0.25, 0.3) is 0 Å². The van der Waals surface area contributed by atoms with Crippen LogP contribution in [0, 0.1) is 0 Å². The first-order valence-corrected chi connectivity index (χ1v) is 8.09. The average molecular weight is 321 g/mol. The monoisotopic (exact) mass is 321 g/mol. The highest BCUT2D eigenvalue weighted by atomic mass is 32.1. The molecule has 0 aliphatic carbocycles. The fourth-order valence-electron chi connectivity index (χ4n) is 2.01. The molecule has 1 aliphatic heterocycles. The maximum Gasteiger partial charge on any atom is 0.186 e. The van der Waals surface area contributed by atoms with Crippen molar-refractivity contribution in [1.29, 1.82) is 0 Å². The molecule has 1 aromatic carbocycles. The minimum atomic E-state index is 0.544. The maximum atomic E-state index is 5.69. The Bertz CT molecular complexity index is 546. The normalized spacial score (nSPS) is 14.2. The summed E-state index contributed by atoms with van der Waals surface area (Å²) in [4.78, 5) is 0. The Labute approximate surface area is 137 Å². The van der Waals surface area contributed by atoms with Crippen LogP contribution < -0.4 is 20.2 Å². The number of fused-ring (bicyclic) bond motifs is 1. The molecular weight excluding hydrogens is 298 g/mol. The molecule has 22 heavy (non-hydrogen) atoms. The topological polar surface area (TPSA) is 54.9 Å². The third kappa shape index (κ3) is 4.87. The number of hydrogen-bond donors (Lipinski definition) is 2. The largest absolute Gasteiger partial charge is 0.490 e. The second-order valence-corrected chi connectivity index (χ2v) is 5.54. The van der Waals surface area contributed by atoms with Gasteiger partial charge in [0.15, 0.2) is 16.6 Å². The molecule has 0 aromatic heterocycles. The van der Waals surface area contributed by atoms with Gasteiger partial charge < -0.3 is 14.8 Å². The quantitative estimate of drug-likeness (QED) is 0.378. The van der Waals surface area contributed by atoms with E-state index in [1.165, 1.54) is 0 Å². The number of benzene rings is 1. The summed E-state index contributed by atoms with van der Waals surface area (Å²) in [5, 5.41) is 7.97. The van der Waals surface area contributed by atoms with Gasteiger partial charge in [-0.3, -0.25) is 5.43 Å². The highest BCUT2D eigenvalue weighted by Gasteiger charge is 2.11. The van der Waals surface area contributed by atoms with Crippen LogP contribution >= 0.6 is 12.2 Å². The minimum Gasteiger partial charge on any atom is -0.490 e. The van der Waals surface area contributed by atoms with Crippen molar-refractivity contribution >= 4 is 23.0 Å². The SMILES string of the molecule is CCCCNC(=S)N/N=C(/C)c1ccc2c(c1)OCCCO2. The van der Waals surface area contributed by atoms with Crippen molar-refractivity contribution in [3.8, 4) is 11.5 Å². The van der Waals surface area contributed by atoms with E-state index in [1.54, 1.807) is 0 Å². The van der Waals surface area contributed by atoms with Crippen LogP contribution in [0.5, 0.6) is 11.5 Å². The van der Waals surface area contributed by atoms with Gasteiger partial charge >= 0.3 is 0 Å². The lowest BCUT2D eigenvalue weighted by molar-refractivity contribution is 0.297. The minimum absolute atomic E-state index is 0.544. The summed E-state index contributed by atoms with van der Waals surface area (Å²) >= 11 is 5.18. The Balaban J connectivity index is 1.97. The van der Waals surface area contributed by atoms with Crippen molar-refractivity contribution in [2.45, 2.75) is 33.1 Å². The van der Waals surface area contributed by atoms with Crippen LogP contribution in [0.2, 0.25) is 0 Å². The first-order valence-electron chi connectivity index (χ1n) is 7.69. The number of unbranched alkanes of at least 4 members (excludes halogenated alkanes) is 1. The Morgan fingerprint density at radius 3 is 2.82 bits per heavy atom. The summed E-state index contributed by atoms with van der Waals surface area (Å²) in [5.41, 5.74) is 4.69. The van der Waals surface area contributed by atoms with E-state index in [-0.39, 0.29) is 0 Å². The number of rotatable bonds is 5. The summed E-state index contributed by atoms with van der Waals surface area (Å²) in [6.07, 6.45) is 3.12. The summed E-state index contributed by atoms with van der Waals surface area (Å²) in [6, 6.07) is 5.85. The lowest BCUT2D eigenvalue weighted by Gasteiger charge is -2.10. The first kappa shape index (κ1) is 16.5. The highest BCUT2D eigenvalue weighted by molar-refractivity contribution is 7.80. The Morgan fingerprint density at radius 1 is 1.27 bits per heavy atom. The van der Waals surface area contributed by atoms with Gasteiger partial charge in [-0.05, 0) is 43.8 Å². The molecule has 0 spiro atoms. The highest BCUT2D eigenvalue weighted by Crippen LogP contribution is 2.30. The fraction of sp³-hybridized carbons (Fsp3) is 0.500. The molecule has 0 saturated heterocycles. The van der Waals surface area contributed by atoms with E-state index in [0.717, 1.165) is 48.6 Å². The molecule has 2 N–H and O–H groups in total. The van der Waals surface area contributed by atoms with Crippen molar-refractivity contribution in [1.82, 2.24) is 10.7 Å². The van der Waals surface area contributed by atoms with Gasteiger partial charge in [-0.1, -0.05) is 13.3 Å². The van der Waals surface area contributed by atoms with Crippen molar-refractivity contribution in [3.05, 3.63) is 23.8 Å². The van der Waals surface area contributed by atoms with Gasteiger partial charge in [-0.25, -0.2) is 0 Å². The van der Waals surface area contributed by atoms with E-state index in [4.69, 9.17) is 21.7 Å². The predicted octanol–water partition coefficient (Wildman–Crippen LogP) is 2.84. The predicted molar refractivity (Wildman–Crippen MR) is 92.9 cm³/mol. The van der Waals surface area contributed by atoms with Crippen LogP contribution in [-0.4, -0.2) is 30.6 Å². The summed E-state index contributed by atoms with van der Waals surface area (Å²) in [6.45, 7) is 6.31. The molecule has 0 unspecified atom stereocenters. The van der Waals surface area contributed by atoms with Crippen LogP contribution in [0.4, 0.5) is 0 Å². The zero-order chi connectivity index (χ0) is 15.8. The Kier molecular flexibility index (Phi) is 6.45. The molecule has 0 radical (unpaired) electrons. The zero-order valence-electron chi connectivity index (χ0n) is 13.1. The number of nitrogens with one attached hydrogen (secondary N) is 2. The lowest BCUT2D eigenvalue weighted by atomic mass is 10.1. The van der Waals surface area contributed by atoms with E-state index < -0.39 is 0 Å². The number of ether oxygens (including phenoxy) is 2. The van der Waals surface area contributed by atoms with Gasteiger partial charge in [0.05, 0.1) is 18.9 Å². The molecule has 1 aromatic rings. The second-order valence-electron chi connectivity index (χ2n) is 5.13. The van der Waals surface area contributed by atoms with Gasteiger partial charge in [0.1, 0.15) is 0 Å². The molecule has 6 heteroatoms. The molecule has 5 nitrogen and oxygen atoms in total. The third-order valence-electron chi connectivity index (χ3n) is 3.31. The van der Waals surface area contributed by atoms with Crippen molar-refractivity contribution < 1.29 is 9.47 Å². The Morgan fingerprint density at radius 2 is 2.05 bits per heavy atom. The number of thiocarbonyl (C=S) groups is 1. The number of nitrogens with zero attached hydrogens (tertiary/aromatic N) is 1. The molecule has 1 heterocycles. The molecule has 120 valence electrons. The first-order chi connectivity index (χ1) is 10.7. The number of hydrogen-bond acceptors (Lipinski definition) is 4. The standard InChI is InChI=1S/C16H23N3O2S/c1-3-4-8-17-16(22)19-18-12(2)13-6-7-14-15(11-13)21-10-5-9-20-14/h6-7,11H,3-5,8-10H2,1-2H3,(H2,17,19,22)/b18-12-. The molecule has 0 saturated carbocycles. The average Bonchev–Trinajstić information content (AvgIpc) is 2.77. The van der Waals surface area contributed by atoms with Gasteiger partial charge in [-0.15, -0.1) is 0 Å². The van der Waals surface area contributed by atoms with E-state index in [2.05, 4.69) is 22.8 Å². The molecule has 0 fully saturated rings. The summed E-state index contributed by atoms with van der Waals surface area (Å²) in [5.74, 6) is 1.56. The van der Waals surface area contributed by atoms with Crippen LogP contribution in [0.3, 0.4) is 0 Å². The van der Waals surface area contributed by atoms with Crippen LogP contribution in [0.25, 0.3) is 0 Å². The van der Waals surface area contributed by atoms with Crippen molar-refractivity contribution in [3.63, 3.8) is 0 Å². The molecule has 2 rings (SSSR count). The summed E-state index contributed by atoms with van der Waals surface area (Å²) in [7, 11) is 0. The molecule has 0 bridgehead atoms. The smallest absolute Gasteiger partial charge is 0.186 e. The lowest BCUT2D eigenvalue weighted by Crippen LogP contribution is -2.33. The van der Waals surface area contributed by atoms with Gasteiger partial charge in [0, 0.05) is 18.5 Å². The Hall–Kier alpha value is -1.82. The van der Waals surface area contributed by atoms with Crippen molar-refractivity contribution in [2.24, 2.45) is 5.10 Å². The molecule has 0 amide bonds. The van der Waals surface area contributed by atoms with E-state index >= 15 is 0 Å². The van der Waals surface area contributed by atoms with Crippen LogP contribution in [0.1, 0.15) is 38.7 Å². The van der Waals surface area contributed by atoms with Gasteiger partial charge in [0.2, 0.25) is 0 Å². The third-order valence-corrected chi connectivity index (χ3v) is 3.54. The number of hydrazone groups is 1. The summed E-state index contributed by atoms with van der Waals surface area (Å²) < 4.78 is 11.3. The van der Waals surface area contributed by atoms with E-state index in [0.29, 0.717) is 18.3 Å². The molecular formula is C16H23N3O2S. The molecule has 1 aliphatic rings. The van der Waals surface area contributed by atoms with E-state index in [9.17, 15) is 0 Å². The van der Waals surface area contributed by atoms with E-state index in [1.807, 2.05) is 25.1 Å². The van der Waals surface area contributed by atoms with Crippen LogP contribution in [-0.2, 0) is 0 Å². The second kappa shape index (κ2) is 8.58.